The molecular formula is C18H34N2O3. The van der Waals surface area contributed by atoms with Gasteiger partial charge in [-0.15, -0.1) is 0 Å². The van der Waals surface area contributed by atoms with Gasteiger partial charge in [-0.05, 0) is 65.3 Å². The summed E-state index contributed by atoms with van der Waals surface area (Å²) in [4.78, 5) is 16.5. The normalized spacial score (nSPS) is 24.7. The third-order valence-corrected chi connectivity index (χ3v) is 4.97. The van der Waals surface area contributed by atoms with Gasteiger partial charge >= 0.3 is 6.09 Å². The van der Waals surface area contributed by atoms with Gasteiger partial charge in [0.1, 0.15) is 5.60 Å². The number of likely N-dealkylation sites (tertiary alicyclic amines) is 2. The highest BCUT2D eigenvalue weighted by atomic mass is 16.6. The highest BCUT2D eigenvalue weighted by molar-refractivity contribution is 5.68. The Morgan fingerprint density at radius 2 is 1.83 bits per heavy atom. The lowest BCUT2D eigenvalue weighted by atomic mass is 9.93. The van der Waals surface area contributed by atoms with Crippen molar-refractivity contribution >= 4 is 6.09 Å². The second-order valence-electron chi connectivity index (χ2n) is 8.07. The molecule has 5 nitrogen and oxygen atoms in total. The Labute approximate surface area is 141 Å². The Morgan fingerprint density at radius 3 is 2.43 bits per heavy atom. The molecule has 0 bridgehead atoms. The fraction of sp³-hybridized carbons (Fsp3) is 0.944. The predicted molar refractivity (Wildman–Crippen MR) is 91.4 cm³/mol. The maximum Gasteiger partial charge on any atom is 0.410 e. The van der Waals surface area contributed by atoms with E-state index < -0.39 is 5.60 Å². The first-order valence-corrected chi connectivity index (χ1v) is 9.22. The van der Waals surface area contributed by atoms with E-state index in [9.17, 15) is 9.90 Å². The molecule has 5 heteroatoms. The minimum atomic E-state index is -0.417. The van der Waals surface area contributed by atoms with Crippen LogP contribution in [-0.2, 0) is 4.74 Å². The van der Waals surface area contributed by atoms with Gasteiger partial charge in [0.25, 0.3) is 0 Å². The molecule has 1 N–H and O–H groups in total. The van der Waals surface area contributed by atoms with Crippen molar-refractivity contribution in [2.45, 2.75) is 70.9 Å². The molecule has 0 aromatic rings. The lowest BCUT2D eigenvalue weighted by Crippen LogP contribution is -2.46. The van der Waals surface area contributed by atoms with Gasteiger partial charge in [-0.1, -0.05) is 6.42 Å². The van der Waals surface area contributed by atoms with Crippen molar-refractivity contribution in [1.29, 1.82) is 0 Å². The highest BCUT2D eigenvalue weighted by Crippen LogP contribution is 2.25. The van der Waals surface area contributed by atoms with Gasteiger partial charge in [0.2, 0.25) is 0 Å². The van der Waals surface area contributed by atoms with Gasteiger partial charge in [-0.25, -0.2) is 4.79 Å². The van der Waals surface area contributed by atoms with Crippen molar-refractivity contribution in [3.63, 3.8) is 0 Å². The Bertz CT molecular complexity index is 371. The number of amides is 1. The molecule has 1 atom stereocenters. The van der Waals surface area contributed by atoms with Gasteiger partial charge in [0.05, 0.1) is 0 Å². The van der Waals surface area contributed by atoms with Crippen LogP contribution in [0.3, 0.4) is 0 Å². The van der Waals surface area contributed by atoms with E-state index in [1.807, 2.05) is 25.7 Å². The van der Waals surface area contributed by atoms with Crippen LogP contribution in [-0.4, -0.2) is 65.4 Å². The summed E-state index contributed by atoms with van der Waals surface area (Å²) < 4.78 is 5.46. The molecule has 0 aromatic heterocycles. The average Bonchev–Trinajstić information content (AvgIpc) is 2.48. The number of hydrogen-bond acceptors (Lipinski definition) is 4. The summed E-state index contributed by atoms with van der Waals surface area (Å²) in [6, 6.07) is 0.553. The maximum atomic E-state index is 12.1. The van der Waals surface area contributed by atoms with E-state index in [-0.39, 0.29) is 12.7 Å². The molecule has 2 rings (SSSR count). The zero-order valence-corrected chi connectivity index (χ0v) is 15.1. The van der Waals surface area contributed by atoms with Crippen molar-refractivity contribution < 1.29 is 14.6 Å². The molecule has 0 spiro atoms. The van der Waals surface area contributed by atoms with Crippen LogP contribution in [0, 0.1) is 5.92 Å². The SMILES string of the molecule is CC(C)(C)OC(=O)N1CCC(CN2CCCC[C@@H]2CCO)CC1. The van der Waals surface area contributed by atoms with E-state index in [0.29, 0.717) is 12.0 Å². The van der Waals surface area contributed by atoms with Crippen molar-refractivity contribution in [3.05, 3.63) is 0 Å². The largest absolute Gasteiger partial charge is 0.444 e. The standard InChI is InChI=1S/C18H34N2O3/c1-18(2,3)23-17(22)19-11-7-15(8-12-19)14-20-10-5-4-6-16(20)9-13-21/h15-16,21H,4-14H2,1-3H3/t16-/m1/s1. The van der Waals surface area contributed by atoms with Gasteiger partial charge < -0.3 is 19.6 Å². The number of carbonyl (C=O) groups is 1. The topological polar surface area (TPSA) is 53.0 Å². The Balaban J connectivity index is 1.76. The van der Waals surface area contributed by atoms with Crippen molar-refractivity contribution in [1.82, 2.24) is 9.80 Å². The third kappa shape index (κ3) is 5.96. The molecule has 2 heterocycles. The van der Waals surface area contributed by atoms with E-state index in [0.717, 1.165) is 45.4 Å². The predicted octanol–water partition coefficient (Wildman–Crippen LogP) is 2.87. The van der Waals surface area contributed by atoms with Gasteiger partial charge in [0, 0.05) is 32.3 Å². The van der Waals surface area contributed by atoms with Crippen LogP contribution in [0.2, 0.25) is 0 Å². The minimum absolute atomic E-state index is 0.174. The van der Waals surface area contributed by atoms with Crippen LogP contribution in [0.5, 0.6) is 0 Å². The second kappa shape index (κ2) is 8.34. The number of piperidine rings is 2. The molecule has 0 aromatic carbocycles. The average molecular weight is 326 g/mol. The Morgan fingerprint density at radius 1 is 1.13 bits per heavy atom. The lowest BCUT2D eigenvalue weighted by Gasteiger charge is -2.40. The summed E-state index contributed by atoms with van der Waals surface area (Å²) in [6.07, 6.45) is 6.63. The monoisotopic (exact) mass is 326 g/mol. The van der Waals surface area contributed by atoms with E-state index in [1.54, 1.807) is 0 Å². The number of aliphatic hydroxyl groups excluding tert-OH is 1. The first-order valence-electron chi connectivity index (χ1n) is 9.22. The molecule has 23 heavy (non-hydrogen) atoms. The van der Waals surface area contributed by atoms with Crippen molar-refractivity contribution in [2.24, 2.45) is 5.92 Å². The fourth-order valence-electron chi connectivity index (χ4n) is 3.73. The molecule has 0 unspecified atom stereocenters. The highest BCUT2D eigenvalue weighted by Gasteiger charge is 2.29. The van der Waals surface area contributed by atoms with Gasteiger partial charge in [0.15, 0.2) is 0 Å². The van der Waals surface area contributed by atoms with Crippen LogP contribution in [0.25, 0.3) is 0 Å². The first kappa shape index (κ1) is 18.5. The molecule has 0 aliphatic carbocycles. The molecule has 1 amide bonds. The number of nitrogens with zero attached hydrogens (tertiary/aromatic N) is 2. The molecule has 2 aliphatic rings. The van der Waals surface area contributed by atoms with Crippen LogP contribution >= 0.6 is 0 Å². The van der Waals surface area contributed by atoms with Crippen LogP contribution < -0.4 is 0 Å². The molecule has 2 fully saturated rings. The Hall–Kier alpha value is -0.810. The number of ether oxygens (including phenoxy) is 1. The minimum Gasteiger partial charge on any atom is -0.444 e. The maximum absolute atomic E-state index is 12.1. The quantitative estimate of drug-likeness (QED) is 0.863. The van der Waals surface area contributed by atoms with Crippen molar-refractivity contribution in [3.8, 4) is 0 Å². The fourth-order valence-corrected chi connectivity index (χ4v) is 3.73. The summed E-state index contributed by atoms with van der Waals surface area (Å²) >= 11 is 0. The number of rotatable bonds is 4. The van der Waals surface area contributed by atoms with E-state index in [2.05, 4.69) is 4.90 Å². The summed E-state index contributed by atoms with van der Waals surface area (Å²) in [6.45, 7) is 9.91. The summed E-state index contributed by atoms with van der Waals surface area (Å²) in [5.74, 6) is 0.660. The van der Waals surface area contributed by atoms with E-state index in [1.165, 1.54) is 19.3 Å². The summed E-state index contributed by atoms with van der Waals surface area (Å²) in [5, 5.41) is 9.25. The first-order chi connectivity index (χ1) is 10.9. The molecular weight excluding hydrogens is 292 g/mol. The van der Waals surface area contributed by atoms with Crippen molar-refractivity contribution in [2.75, 3.05) is 32.8 Å². The molecule has 0 saturated carbocycles. The molecule has 2 aliphatic heterocycles. The number of aliphatic hydroxyl groups is 1. The second-order valence-corrected chi connectivity index (χ2v) is 8.07. The molecule has 2 saturated heterocycles. The summed E-state index contributed by atoms with van der Waals surface area (Å²) in [7, 11) is 0. The van der Waals surface area contributed by atoms with Gasteiger partial charge in [-0.3, -0.25) is 0 Å². The zero-order chi connectivity index (χ0) is 16.9. The molecule has 0 radical (unpaired) electrons. The van der Waals surface area contributed by atoms with E-state index >= 15 is 0 Å². The number of hydrogen-bond donors (Lipinski definition) is 1. The van der Waals surface area contributed by atoms with E-state index in [4.69, 9.17) is 4.74 Å². The van der Waals surface area contributed by atoms with Crippen LogP contribution in [0.15, 0.2) is 0 Å². The van der Waals surface area contributed by atoms with Crippen LogP contribution in [0.1, 0.15) is 59.3 Å². The smallest absolute Gasteiger partial charge is 0.410 e. The molecule has 134 valence electrons. The Kier molecular flexibility index (Phi) is 6.72. The van der Waals surface area contributed by atoms with Gasteiger partial charge in [-0.2, -0.15) is 0 Å². The summed E-state index contributed by atoms with van der Waals surface area (Å²) in [5.41, 5.74) is -0.417. The lowest BCUT2D eigenvalue weighted by molar-refractivity contribution is 0.0148. The number of carbonyl (C=O) groups excluding carboxylic acids is 1. The van der Waals surface area contributed by atoms with Crippen LogP contribution in [0.4, 0.5) is 4.79 Å². The third-order valence-electron chi connectivity index (χ3n) is 4.97. The zero-order valence-electron chi connectivity index (χ0n) is 15.1.